The molecule has 0 bridgehead atoms. The van der Waals surface area contributed by atoms with Crippen molar-refractivity contribution in [2.75, 3.05) is 11.9 Å². The zero-order chi connectivity index (χ0) is 19.6. The van der Waals surface area contributed by atoms with Gasteiger partial charge in [-0.05, 0) is 62.2 Å². The molecule has 0 atom stereocenters. The van der Waals surface area contributed by atoms with Gasteiger partial charge in [0.25, 0.3) is 5.91 Å². The van der Waals surface area contributed by atoms with Crippen LogP contribution in [0.15, 0.2) is 48.5 Å². The Kier molecular flexibility index (Phi) is 8.30. The van der Waals surface area contributed by atoms with Crippen LogP contribution in [0.3, 0.4) is 0 Å². The third kappa shape index (κ3) is 7.81. The minimum atomic E-state index is -0.176. The van der Waals surface area contributed by atoms with Crippen molar-refractivity contribution in [3.63, 3.8) is 0 Å². The summed E-state index contributed by atoms with van der Waals surface area (Å²) in [6, 6.07) is 14.3. The molecule has 2 rings (SSSR count). The first-order valence-electron chi connectivity index (χ1n) is 8.98. The van der Waals surface area contributed by atoms with Crippen LogP contribution >= 0.6 is 11.6 Å². The Hall–Kier alpha value is -2.37. The number of halogens is 1. The molecule has 0 aliphatic carbocycles. The first kappa shape index (κ1) is 20.9. The summed E-state index contributed by atoms with van der Waals surface area (Å²) in [6.45, 7) is 4.91. The lowest BCUT2D eigenvalue weighted by Gasteiger charge is -2.10. The molecule has 0 aromatic heterocycles. The van der Waals surface area contributed by atoms with Gasteiger partial charge in [0.05, 0.1) is 12.7 Å². The fraction of sp³-hybridized carbons (Fsp3) is 0.333. The van der Waals surface area contributed by atoms with Gasteiger partial charge >= 0.3 is 0 Å². The summed E-state index contributed by atoms with van der Waals surface area (Å²) in [6.07, 6.45) is 1.04. The fourth-order valence-corrected chi connectivity index (χ4v) is 2.51. The Morgan fingerprint density at radius 3 is 2.56 bits per heavy atom. The van der Waals surface area contributed by atoms with E-state index in [4.69, 9.17) is 16.3 Å². The standard InChI is InChI=1S/C21H25ClN2O3/c1-15(2)27-14-16-5-3-6-19(13-16)24-20(25)7-4-12-23-21(26)17-8-10-18(22)11-9-17/h3,5-6,8-11,13,15H,4,7,12,14H2,1-2H3,(H,23,26)(H,24,25). The van der Waals surface area contributed by atoms with Crippen molar-refractivity contribution in [3.8, 4) is 0 Å². The topological polar surface area (TPSA) is 67.4 Å². The van der Waals surface area contributed by atoms with E-state index in [1.54, 1.807) is 24.3 Å². The van der Waals surface area contributed by atoms with Crippen LogP contribution in [0.5, 0.6) is 0 Å². The summed E-state index contributed by atoms with van der Waals surface area (Å²) in [4.78, 5) is 24.0. The molecule has 144 valence electrons. The number of amides is 2. The van der Waals surface area contributed by atoms with Crippen molar-refractivity contribution in [2.45, 2.75) is 39.4 Å². The van der Waals surface area contributed by atoms with Gasteiger partial charge in [0.1, 0.15) is 0 Å². The number of carbonyl (C=O) groups is 2. The number of benzene rings is 2. The second kappa shape index (κ2) is 10.7. The van der Waals surface area contributed by atoms with Crippen molar-refractivity contribution in [3.05, 3.63) is 64.7 Å². The molecule has 0 heterocycles. The van der Waals surface area contributed by atoms with Gasteiger partial charge in [-0.15, -0.1) is 0 Å². The van der Waals surface area contributed by atoms with Crippen molar-refractivity contribution in [1.82, 2.24) is 5.32 Å². The normalized spacial score (nSPS) is 10.7. The van der Waals surface area contributed by atoms with E-state index in [9.17, 15) is 9.59 Å². The smallest absolute Gasteiger partial charge is 0.251 e. The Morgan fingerprint density at radius 1 is 1.11 bits per heavy atom. The summed E-state index contributed by atoms with van der Waals surface area (Å²) in [5, 5.41) is 6.26. The molecule has 0 radical (unpaired) electrons. The molecule has 2 amide bonds. The predicted molar refractivity (Wildman–Crippen MR) is 108 cm³/mol. The van der Waals surface area contributed by atoms with Gasteiger partial charge in [0.2, 0.25) is 5.91 Å². The molecule has 6 heteroatoms. The molecule has 2 aromatic carbocycles. The summed E-state index contributed by atoms with van der Waals surface area (Å²) in [5.74, 6) is -0.261. The van der Waals surface area contributed by atoms with Gasteiger partial charge in [-0.3, -0.25) is 9.59 Å². The number of carbonyl (C=O) groups excluding carboxylic acids is 2. The predicted octanol–water partition coefficient (Wildman–Crippen LogP) is 4.41. The molecule has 0 fully saturated rings. The first-order chi connectivity index (χ1) is 12.9. The molecular weight excluding hydrogens is 364 g/mol. The highest BCUT2D eigenvalue weighted by atomic mass is 35.5. The number of hydrogen-bond donors (Lipinski definition) is 2. The quantitative estimate of drug-likeness (QED) is 0.625. The highest BCUT2D eigenvalue weighted by molar-refractivity contribution is 6.30. The summed E-state index contributed by atoms with van der Waals surface area (Å²) in [5.41, 5.74) is 2.30. The zero-order valence-corrected chi connectivity index (χ0v) is 16.4. The second-order valence-corrected chi connectivity index (χ2v) is 6.91. The van der Waals surface area contributed by atoms with Gasteiger partial charge in [0, 0.05) is 29.2 Å². The molecule has 0 aliphatic rings. The lowest BCUT2D eigenvalue weighted by Crippen LogP contribution is -2.25. The molecule has 0 spiro atoms. The highest BCUT2D eigenvalue weighted by Crippen LogP contribution is 2.13. The van der Waals surface area contributed by atoms with Crippen molar-refractivity contribution < 1.29 is 14.3 Å². The summed E-state index contributed by atoms with van der Waals surface area (Å²) in [7, 11) is 0. The molecule has 2 N–H and O–H groups in total. The maximum absolute atomic E-state index is 12.1. The van der Waals surface area contributed by atoms with Crippen molar-refractivity contribution in [1.29, 1.82) is 0 Å². The Labute approximate surface area is 165 Å². The zero-order valence-electron chi connectivity index (χ0n) is 15.6. The van der Waals surface area contributed by atoms with E-state index < -0.39 is 0 Å². The maximum Gasteiger partial charge on any atom is 0.251 e. The average Bonchev–Trinajstić information content (AvgIpc) is 2.64. The molecule has 0 unspecified atom stereocenters. The van der Waals surface area contributed by atoms with Crippen LogP contribution in [-0.4, -0.2) is 24.5 Å². The molecule has 0 saturated carbocycles. The molecule has 0 aliphatic heterocycles. The molecule has 27 heavy (non-hydrogen) atoms. The number of nitrogens with one attached hydrogen (secondary N) is 2. The third-order valence-corrected chi connectivity index (χ3v) is 4.02. The summed E-state index contributed by atoms with van der Waals surface area (Å²) >= 11 is 5.80. The monoisotopic (exact) mass is 388 g/mol. The van der Waals surface area contributed by atoms with E-state index in [0.29, 0.717) is 36.6 Å². The fourth-order valence-electron chi connectivity index (χ4n) is 2.38. The molecular formula is C21H25ClN2O3. The largest absolute Gasteiger partial charge is 0.374 e. The molecule has 5 nitrogen and oxygen atoms in total. The van der Waals surface area contributed by atoms with Crippen molar-refractivity contribution in [2.24, 2.45) is 0 Å². The van der Waals surface area contributed by atoms with Crippen molar-refractivity contribution >= 4 is 29.1 Å². The van der Waals surface area contributed by atoms with Gasteiger partial charge in [-0.25, -0.2) is 0 Å². The van der Waals surface area contributed by atoms with Crippen LogP contribution in [0.1, 0.15) is 42.6 Å². The number of hydrogen-bond acceptors (Lipinski definition) is 3. The Bertz CT molecular complexity index is 760. The van der Waals surface area contributed by atoms with Gasteiger partial charge in [-0.1, -0.05) is 23.7 Å². The summed E-state index contributed by atoms with van der Waals surface area (Å²) < 4.78 is 5.57. The third-order valence-electron chi connectivity index (χ3n) is 3.77. The maximum atomic E-state index is 12.1. The van der Waals surface area contributed by atoms with Crippen LogP contribution in [0, 0.1) is 0 Å². The minimum Gasteiger partial charge on any atom is -0.374 e. The van der Waals surface area contributed by atoms with E-state index in [0.717, 1.165) is 11.3 Å². The SMILES string of the molecule is CC(C)OCc1cccc(NC(=O)CCCNC(=O)c2ccc(Cl)cc2)c1. The van der Waals surface area contributed by atoms with Crippen LogP contribution in [0.4, 0.5) is 5.69 Å². The van der Waals surface area contributed by atoms with Gasteiger partial charge < -0.3 is 15.4 Å². The van der Waals surface area contributed by atoms with E-state index in [2.05, 4.69) is 10.6 Å². The number of ether oxygens (including phenoxy) is 1. The minimum absolute atomic E-state index is 0.0855. The lowest BCUT2D eigenvalue weighted by molar-refractivity contribution is -0.116. The van der Waals surface area contributed by atoms with Crippen LogP contribution in [0.2, 0.25) is 5.02 Å². The average molecular weight is 389 g/mol. The van der Waals surface area contributed by atoms with E-state index in [-0.39, 0.29) is 17.9 Å². The number of anilines is 1. The van der Waals surface area contributed by atoms with E-state index in [1.165, 1.54) is 0 Å². The number of rotatable bonds is 9. The van der Waals surface area contributed by atoms with Crippen LogP contribution < -0.4 is 10.6 Å². The van der Waals surface area contributed by atoms with Crippen LogP contribution in [-0.2, 0) is 16.1 Å². The second-order valence-electron chi connectivity index (χ2n) is 6.47. The molecule has 0 saturated heterocycles. The van der Waals surface area contributed by atoms with E-state index in [1.807, 2.05) is 38.1 Å². The van der Waals surface area contributed by atoms with Gasteiger partial charge in [0.15, 0.2) is 0 Å². The van der Waals surface area contributed by atoms with E-state index >= 15 is 0 Å². The Balaban J connectivity index is 1.71. The first-order valence-corrected chi connectivity index (χ1v) is 9.36. The van der Waals surface area contributed by atoms with Crippen LogP contribution in [0.25, 0.3) is 0 Å². The Morgan fingerprint density at radius 2 is 1.85 bits per heavy atom. The molecule has 2 aromatic rings. The van der Waals surface area contributed by atoms with Gasteiger partial charge in [-0.2, -0.15) is 0 Å². The lowest BCUT2D eigenvalue weighted by atomic mass is 10.2. The highest BCUT2D eigenvalue weighted by Gasteiger charge is 2.07.